The number of hydrogen-bond acceptors (Lipinski definition) is 3. The second kappa shape index (κ2) is 7.36. The van der Waals surface area contributed by atoms with Crippen LogP contribution in [0.15, 0.2) is 35.7 Å². The van der Waals surface area contributed by atoms with Gasteiger partial charge in [-0.15, -0.1) is 23.7 Å². The Morgan fingerprint density at radius 3 is 2.62 bits per heavy atom. The van der Waals surface area contributed by atoms with Crippen LogP contribution in [0.2, 0.25) is 0 Å². The van der Waals surface area contributed by atoms with Crippen molar-refractivity contribution in [1.29, 1.82) is 0 Å². The lowest BCUT2D eigenvalue weighted by Crippen LogP contribution is -2.45. The first kappa shape index (κ1) is 16.4. The molecule has 0 aliphatic carbocycles. The van der Waals surface area contributed by atoms with Crippen molar-refractivity contribution in [3.05, 3.63) is 57.5 Å². The molecule has 1 N–H and O–H groups in total. The Labute approximate surface area is 135 Å². The molecule has 0 radical (unpaired) electrons. The van der Waals surface area contributed by atoms with Crippen LogP contribution in [0.4, 0.5) is 4.39 Å². The van der Waals surface area contributed by atoms with E-state index in [0.717, 1.165) is 37.3 Å². The molecule has 3 rings (SSSR count). The Bertz CT molecular complexity index is 568. The molecule has 1 saturated heterocycles. The molecule has 2 aromatic rings. The summed E-state index contributed by atoms with van der Waals surface area (Å²) in [5, 5.41) is 5.48. The fourth-order valence-electron chi connectivity index (χ4n) is 2.84. The van der Waals surface area contributed by atoms with Crippen molar-refractivity contribution in [2.75, 3.05) is 26.2 Å². The van der Waals surface area contributed by atoms with Crippen molar-refractivity contribution < 1.29 is 4.39 Å². The maximum Gasteiger partial charge on any atom is 0.126 e. The summed E-state index contributed by atoms with van der Waals surface area (Å²) in [5.74, 6) is -0.112. The van der Waals surface area contributed by atoms with Crippen LogP contribution >= 0.6 is 23.7 Å². The van der Waals surface area contributed by atoms with Crippen LogP contribution in [0.3, 0.4) is 0 Å². The van der Waals surface area contributed by atoms with Gasteiger partial charge in [0.1, 0.15) is 5.82 Å². The van der Waals surface area contributed by atoms with E-state index >= 15 is 0 Å². The molecule has 0 spiro atoms. The highest BCUT2D eigenvalue weighted by Crippen LogP contribution is 2.34. The number of thiophene rings is 1. The van der Waals surface area contributed by atoms with Gasteiger partial charge in [-0.2, -0.15) is 0 Å². The first-order valence-corrected chi connectivity index (χ1v) is 7.88. The maximum atomic E-state index is 13.9. The number of rotatable bonds is 3. The molecule has 1 aromatic heterocycles. The fraction of sp³-hybridized carbons (Fsp3) is 0.375. The quantitative estimate of drug-likeness (QED) is 0.927. The van der Waals surface area contributed by atoms with Crippen molar-refractivity contribution in [3.8, 4) is 0 Å². The molecule has 114 valence electrons. The van der Waals surface area contributed by atoms with E-state index in [0.29, 0.717) is 0 Å². The van der Waals surface area contributed by atoms with E-state index in [1.165, 1.54) is 4.88 Å². The predicted molar refractivity (Wildman–Crippen MR) is 89.0 cm³/mol. The Hall–Kier alpha value is -0.940. The van der Waals surface area contributed by atoms with Crippen LogP contribution in [0.25, 0.3) is 0 Å². The van der Waals surface area contributed by atoms with E-state index in [4.69, 9.17) is 0 Å². The monoisotopic (exact) mass is 326 g/mol. The number of halogens is 2. The molecule has 1 aliphatic heterocycles. The third-order valence-electron chi connectivity index (χ3n) is 3.93. The molecular weight excluding hydrogens is 307 g/mol. The smallest absolute Gasteiger partial charge is 0.126 e. The second-order valence-electron chi connectivity index (χ2n) is 5.16. The average molecular weight is 327 g/mol. The lowest BCUT2D eigenvalue weighted by atomic mass is 9.97. The highest BCUT2D eigenvalue weighted by Gasteiger charge is 2.26. The van der Waals surface area contributed by atoms with Gasteiger partial charge in [0.15, 0.2) is 0 Å². The molecule has 0 amide bonds. The SMILES string of the molecule is Cc1c(F)cccc1[C@H](c1cccs1)N1CCNCC1.Cl. The first-order chi connectivity index (χ1) is 9.77. The highest BCUT2D eigenvalue weighted by molar-refractivity contribution is 7.10. The average Bonchev–Trinajstić information content (AvgIpc) is 2.99. The molecule has 21 heavy (non-hydrogen) atoms. The molecule has 5 heteroatoms. The van der Waals surface area contributed by atoms with E-state index in [1.807, 2.05) is 13.0 Å². The lowest BCUT2D eigenvalue weighted by Gasteiger charge is -2.35. The van der Waals surface area contributed by atoms with Crippen molar-refractivity contribution in [2.24, 2.45) is 0 Å². The minimum atomic E-state index is -0.112. The molecule has 1 atom stereocenters. The van der Waals surface area contributed by atoms with E-state index in [1.54, 1.807) is 17.4 Å². The van der Waals surface area contributed by atoms with Gasteiger partial charge in [-0.1, -0.05) is 18.2 Å². The van der Waals surface area contributed by atoms with Crippen LogP contribution in [-0.2, 0) is 0 Å². The summed E-state index contributed by atoms with van der Waals surface area (Å²) in [4.78, 5) is 3.74. The largest absolute Gasteiger partial charge is 0.314 e. The molecule has 0 saturated carbocycles. The van der Waals surface area contributed by atoms with Crippen LogP contribution < -0.4 is 5.32 Å². The Balaban J connectivity index is 0.00000161. The van der Waals surface area contributed by atoms with Gasteiger partial charge in [0.25, 0.3) is 0 Å². The molecule has 0 unspecified atom stereocenters. The van der Waals surface area contributed by atoms with Crippen molar-refractivity contribution in [1.82, 2.24) is 10.2 Å². The number of nitrogens with zero attached hydrogens (tertiary/aromatic N) is 1. The van der Waals surface area contributed by atoms with Gasteiger partial charge in [0.2, 0.25) is 0 Å². The van der Waals surface area contributed by atoms with Crippen LogP contribution in [0.5, 0.6) is 0 Å². The van der Waals surface area contributed by atoms with E-state index in [2.05, 4.69) is 33.8 Å². The van der Waals surface area contributed by atoms with Crippen LogP contribution in [0, 0.1) is 12.7 Å². The molecule has 0 bridgehead atoms. The van der Waals surface area contributed by atoms with Crippen LogP contribution in [0.1, 0.15) is 22.0 Å². The van der Waals surface area contributed by atoms with Crippen molar-refractivity contribution in [2.45, 2.75) is 13.0 Å². The minimum absolute atomic E-state index is 0. The zero-order valence-corrected chi connectivity index (χ0v) is 13.6. The van der Waals surface area contributed by atoms with Gasteiger partial charge in [-0.3, -0.25) is 4.90 Å². The van der Waals surface area contributed by atoms with E-state index < -0.39 is 0 Å². The fourth-order valence-corrected chi connectivity index (χ4v) is 3.71. The third-order valence-corrected chi connectivity index (χ3v) is 4.86. The number of hydrogen-bond donors (Lipinski definition) is 1. The summed E-state index contributed by atoms with van der Waals surface area (Å²) in [6.07, 6.45) is 0. The van der Waals surface area contributed by atoms with E-state index in [9.17, 15) is 4.39 Å². The minimum Gasteiger partial charge on any atom is -0.314 e. The molecule has 2 nitrogen and oxygen atoms in total. The standard InChI is InChI=1S/C16H19FN2S.ClH/c1-12-13(4-2-5-14(12)17)16(15-6-3-11-20-15)19-9-7-18-8-10-19;/h2-6,11,16,18H,7-10H2,1H3;1H/t16-;/m1./s1. The van der Waals surface area contributed by atoms with Crippen molar-refractivity contribution >= 4 is 23.7 Å². The van der Waals surface area contributed by atoms with Gasteiger partial charge in [-0.25, -0.2) is 4.39 Å². The summed E-state index contributed by atoms with van der Waals surface area (Å²) in [7, 11) is 0. The summed E-state index contributed by atoms with van der Waals surface area (Å²) in [5.41, 5.74) is 1.86. The van der Waals surface area contributed by atoms with Gasteiger partial charge >= 0.3 is 0 Å². The summed E-state index contributed by atoms with van der Waals surface area (Å²) in [6, 6.07) is 9.83. The topological polar surface area (TPSA) is 15.3 Å². The third kappa shape index (κ3) is 3.46. The van der Waals surface area contributed by atoms with Crippen molar-refractivity contribution in [3.63, 3.8) is 0 Å². The molecule has 2 heterocycles. The normalized spacial score (nSPS) is 17.2. The Morgan fingerprint density at radius 2 is 1.95 bits per heavy atom. The molecule has 1 aromatic carbocycles. The zero-order chi connectivity index (χ0) is 13.9. The predicted octanol–water partition coefficient (Wildman–Crippen LogP) is 3.61. The summed E-state index contributed by atoms with van der Waals surface area (Å²) in [6.45, 7) is 5.87. The number of piperazine rings is 1. The van der Waals surface area contributed by atoms with E-state index in [-0.39, 0.29) is 24.3 Å². The maximum absolute atomic E-state index is 13.9. The summed E-state index contributed by atoms with van der Waals surface area (Å²) >= 11 is 1.75. The van der Waals surface area contributed by atoms with Gasteiger partial charge < -0.3 is 5.32 Å². The number of benzene rings is 1. The van der Waals surface area contributed by atoms with Gasteiger partial charge in [-0.05, 0) is 35.6 Å². The highest BCUT2D eigenvalue weighted by atomic mass is 35.5. The van der Waals surface area contributed by atoms with Crippen LogP contribution in [-0.4, -0.2) is 31.1 Å². The number of nitrogens with one attached hydrogen (secondary N) is 1. The Kier molecular flexibility index (Phi) is 5.76. The van der Waals surface area contributed by atoms with Gasteiger partial charge in [0, 0.05) is 31.1 Å². The van der Waals surface area contributed by atoms with Gasteiger partial charge in [0.05, 0.1) is 6.04 Å². The zero-order valence-electron chi connectivity index (χ0n) is 12.0. The first-order valence-electron chi connectivity index (χ1n) is 7.00. The molecule has 1 fully saturated rings. The molecule has 1 aliphatic rings. The lowest BCUT2D eigenvalue weighted by molar-refractivity contribution is 0.200. The summed E-state index contributed by atoms with van der Waals surface area (Å²) < 4.78 is 13.9. The second-order valence-corrected chi connectivity index (χ2v) is 6.14. The Morgan fingerprint density at radius 1 is 1.19 bits per heavy atom. The molecular formula is C16H20ClFN2S.